The molecule has 1 saturated heterocycles. The second-order valence-corrected chi connectivity index (χ2v) is 6.25. The predicted molar refractivity (Wildman–Crippen MR) is 94.5 cm³/mol. The zero-order valence-corrected chi connectivity index (χ0v) is 15.6. The van der Waals surface area contributed by atoms with Gasteiger partial charge in [0.15, 0.2) is 5.82 Å². The molecular weight excluding hydrogens is 352 g/mol. The highest BCUT2D eigenvalue weighted by molar-refractivity contribution is 5.94. The van der Waals surface area contributed by atoms with Crippen LogP contribution in [0.3, 0.4) is 0 Å². The molecule has 9 heteroatoms. The zero-order valence-electron chi connectivity index (χ0n) is 15.6. The van der Waals surface area contributed by atoms with Crippen LogP contribution >= 0.6 is 0 Å². The summed E-state index contributed by atoms with van der Waals surface area (Å²) in [7, 11) is 3.17. The first-order valence-corrected chi connectivity index (χ1v) is 8.89. The Morgan fingerprint density at radius 1 is 1.26 bits per heavy atom. The molecule has 0 unspecified atom stereocenters. The van der Waals surface area contributed by atoms with Crippen LogP contribution in [-0.2, 0) is 16.1 Å². The normalized spacial score (nSPS) is 15.1. The maximum Gasteiger partial charge on any atom is 0.255 e. The topological polar surface area (TPSA) is 99.8 Å². The van der Waals surface area contributed by atoms with Crippen molar-refractivity contribution in [3.63, 3.8) is 0 Å². The molecule has 3 rings (SSSR count). The van der Waals surface area contributed by atoms with Gasteiger partial charge in [0.05, 0.1) is 25.9 Å². The molecule has 3 heterocycles. The number of carbonyl (C=O) groups excluding carboxylic acids is 1. The van der Waals surface area contributed by atoms with Crippen molar-refractivity contribution in [2.24, 2.45) is 0 Å². The molecule has 1 aliphatic heterocycles. The molecule has 1 amide bonds. The van der Waals surface area contributed by atoms with E-state index >= 15 is 0 Å². The van der Waals surface area contributed by atoms with Crippen molar-refractivity contribution in [3.05, 3.63) is 35.6 Å². The van der Waals surface area contributed by atoms with Gasteiger partial charge < -0.3 is 23.6 Å². The average Bonchev–Trinajstić information content (AvgIpc) is 3.20. The number of methoxy groups -OCH3 is 2. The third kappa shape index (κ3) is 5.01. The van der Waals surface area contributed by atoms with Crippen LogP contribution < -0.4 is 4.74 Å². The zero-order chi connectivity index (χ0) is 19.1. The molecular formula is C18H24N4O5. The fourth-order valence-electron chi connectivity index (χ4n) is 2.95. The molecule has 0 bridgehead atoms. The number of ether oxygens (including phenoxy) is 3. The molecule has 27 heavy (non-hydrogen) atoms. The highest BCUT2D eigenvalue weighted by Gasteiger charge is 2.27. The van der Waals surface area contributed by atoms with Crippen molar-refractivity contribution in [1.29, 1.82) is 0 Å². The number of likely N-dealkylation sites (tertiary alicyclic amines) is 1. The Balaban J connectivity index is 1.49. The summed E-state index contributed by atoms with van der Waals surface area (Å²) in [5.74, 6) is 1.79. The number of pyridine rings is 1. The van der Waals surface area contributed by atoms with Gasteiger partial charge in [-0.05, 0) is 18.9 Å². The largest absolute Gasteiger partial charge is 0.481 e. The van der Waals surface area contributed by atoms with Gasteiger partial charge in [0.1, 0.15) is 6.61 Å². The van der Waals surface area contributed by atoms with Gasteiger partial charge in [-0.2, -0.15) is 4.98 Å². The van der Waals surface area contributed by atoms with Gasteiger partial charge in [-0.25, -0.2) is 4.98 Å². The minimum absolute atomic E-state index is 0.0241. The van der Waals surface area contributed by atoms with Crippen molar-refractivity contribution in [3.8, 4) is 5.88 Å². The van der Waals surface area contributed by atoms with Crippen LogP contribution in [0.1, 0.15) is 40.8 Å². The Morgan fingerprint density at radius 2 is 2.07 bits per heavy atom. The fraction of sp³-hybridized carbons (Fsp3) is 0.556. The Kier molecular flexibility index (Phi) is 6.72. The van der Waals surface area contributed by atoms with E-state index in [-0.39, 0.29) is 18.4 Å². The molecule has 2 aromatic rings. The van der Waals surface area contributed by atoms with Crippen LogP contribution in [0.5, 0.6) is 5.88 Å². The molecule has 0 N–H and O–H groups in total. The molecule has 0 aromatic carbocycles. The Hall–Kier alpha value is -2.52. The molecule has 0 aliphatic carbocycles. The number of hydrogen-bond acceptors (Lipinski definition) is 8. The second-order valence-electron chi connectivity index (χ2n) is 6.25. The SMILES string of the molecule is COCCOCc1nc(C2CCN(C(=O)c3ccc(OC)nc3)CC2)no1. The number of carbonyl (C=O) groups is 1. The third-order valence-corrected chi connectivity index (χ3v) is 4.48. The molecule has 1 fully saturated rings. The summed E-state index contributed by atoms with van der Waals surface area (Å²) in [6, 6.07) is 3.42. The lowest BCUT2D eigenvalue weighted by Crippen LogP contribution is -2.38. The van der Waals surface area contributed by atoms with E-state index in [4.69, 9.17) is 18.7 Å². The molecule has 0 spiro atoms. The molecule has 0 radical (unpaired) electrons. The van der Waals surface area contributed by atoms with Crippen LogP contribution in [0, 0.1) is 0 Å². The van der Waals surface area contributed by atoms with Crippen LogP contribution in [0.15, 0.2) is 22.9 Å². The molecule has 146 valence electrons. The first kappa shape index (κ1) is 19.2. The van der Waals surface area contributed by atoms with Crippen molar-refractivity contribution < 1.29 is 23.5 Å². The van der Waals surface area contributed by atoms with E-state index in [0.717, 1.165) is 12.8 Å². The maximum atomic E-state index is 12.6. The van der Waals surface area contributed by atoms with Crippen LogP contribution in [0.2, 0.25) is 0 Å². The standard InChI is InChI=1S/C18H24N4O5/c1-24-9-10-26-12-16-20-17(21-27-16)13-5-7-22(8-6-13)18(23)14-3-4-15(25-2)19-11-14/h3-4,11,13H,5-10,12H2,1-2H3. The average molecular weight is 376 g/mol. The van der Waals surface area contributed by atoms with E-state index in [9.17, 15) is 4.79 Å². The van der Waals surface area contributed by atoms with Gasteiger partial charge in [-0.15, -0.1) is 0 Å². The van der Waals surface area contributed by atoms with E-state index in [0.29, 0.717) is 49.5 Å². The highest BCUT2D eigenvalue weighted by Crippen LogP contribution is 2.27. The minimum atomic E-state index is -0.0241. The lowest BCUT2D eigenvalue weighted by atomic mass is 9.96. The first-order valence-electron chi connectivity index (χ1n) is 8.89. The van der Waals surface area contributed by atoms with E-state index in [1.807, 2.05) is 4.90 Å². The van der Waals surface area contributed by atoms with Crippen LogP contribution in [0.25, 0.3) is 0 Å². The number of aromatic nitrogens is 3. The quantitative estimate of drug-likeness (QED) is 0.641. The van der Waals surface area contributed by atoms with Gasteiger partial charge in [-0.1, -0.05) is 5.16 Å². The number of nitrogens with zero attached hydrogens (tertiary/aromatic N) is 4. The lowest BCUT2D eigenvalue weighted by molar-refractivity contribution is 0.0494. The van der Waals surface area contributed by atoms with Gasteiger partial charge in [0.25, 0.3) is 11.8 Å². The van der Waals surface area contributed by atoms with Crippen molar-refractivity contribution in [2.45, 2.75) is 25.4 Å². The van der Waals surface area contributed by atoms with Crippen molar-refractivity contribution in [1.82, 2.24) is 20.0 Å². The fourth-order valence-corrected chi connectivity index (χ4v) is 2.95. The molecule has 9 nitrogen and oxygen atoms in total. The second kappa shape index (κ2) is 9.43. The lowest BCUT2D eigenvalue weighted by Gasteiger charge is -2.30. The van der Waals surface area contributed by atoms with Crippen LogP contribution in [0.4, 0.5) is 0 Å². The number of hydrogen-bond donors (Lipinski definition) is 0. The molecule has 0 saturated carbocycles. The Bertz CT molecular complexity index is 726. The summed E-state index contributed by atoms with van der Waals surface area (Å²) in [6.45, 7) is 2.57. The predicted octanol–water partition coefficient (Wildman–Crippen LogP) is 1.66. The van der Waals surface area contributed by atoms with E-state index < -0.39 is 0 Å². The van der Waals surface area contributed by atoms with Gasteiger partial charge in [0.2, 0.25) is 5.88 Å². The third-order valence-electron chi connectivity index (χ3n) is 4.48. The summed E-state index contributed by atoms with van der Waals surface area (Å²) in [5.41, 5.74) is 0.560. The smallest absolute Gasteiger partial charge is 0.255 e. The minimum Gasteiger partial charge on any atom is -0.481 e. The number of rotatable bonds is 8. The molecule has 1 aliphatic rings. The summed E-state index contributed by atoms with van der Waals surface area (Å²) in [6.07, 6.45) is 3.12. The van der Waals surface area contributed by atoms with E-state index in [2.05, 4.69) is 15.1 Å². The Labute approximate surface area is 157 Å². The summed E-state index contributed by atoms with van der Waals surface area (Å²) in [4.78, 5) is 22.9. The molecule has 2 aromatic heterocycles. The Morgan fingerprint density at radius 3 is 2.74 bits per heavy atom. The van der Waals surface area contributed by atoms with Gasteiger partial charge >= 0.3 is 0 Å². The first-order chi connectivity index (χ1) is 13.2. The van der Waals surface area contributed by atoms with E-state index in [1.54, 1.807) is 32.5 Å². The number of amides is 1. The van der Waals surface area contributed by atoms with Crippen molar-refractivity contribution in [2.75, 3.05) is 40.5 Å². The summed E-state index contributed by atoms with van der Waals surface area (Å²) < 4.78 is 20.6. The van der Waals surface area contributed by atoms with Crippen LogP contribution in [-0.4, -0.2) is 66.5 Å². The molecule has 0 atom stereocenters. The van der Waals surface area contributed by atoms with Gasteiger partial charge in [0, 0.05) is 38.4 Å². The summed E-state index contributed by atoms with van der Waals surface area (Å²) >= 11 is 0. The number of piperidine rings is 1. The maximum absolute atomic E-state index is 12.6. The van der Waals surface area contributed by atoms with Gasteiger partial charge in [-0.3, -0.25) is 4.79 Å². The summed E-state index contributed by atoms with van der Waals surface area (Å²) in [5, 5.41) is 4.06. The monoisotopic (exact) mass is 376 g/mol. The highest BCUT2D eigenvalue weighted by atomic mass is 16.5. The van der Waals surface area contributed by atoms with E-state index in [1.165, 1.54) is 0 Å². The van der Waals surface area contributed by atoms with Crippen molar-refractivity contribution >= 4 is 5.91 Å².